The molecule has 0 aliphatic rings. The Morgan fingerprint density at radius 1 is 1.00 bits per heavy atom. The van der Waals surface area contributed by atoms with Gasteiger partial charge in [-0.05, 0) is 12.3 Å². The quantitative estimate of drug-likeness (QED) is 0.440. The molecule has 4 N–H and O–H groups in total. The van der Waals surface area contributed by atoms with Crippen LogP contribution < -0.4 is 0 Å². The summed E-state index contributed by atoms with van der Waals surface area (Å²) in [5, 5.41) is 35.9. The summed E-state index contributed by atoms with van der Waals surface area (Å²) in [7, 11) is 0. The lowest BCUT2D eigenvalue weighted by Gasteiger charge is -2.22. The second-order valence-corrected chi connectivity index (χ2v) is 3.44. The van der Waals surface area contributed by atoms with Crippen molar-refractivity contribution in [3.8, 4) is 0 Å². The van der Waals surface area contributed by atoms with E-state index in [9.17, 15) is 10.2 Å². The Morgan fingerprint density at radius 2 is 1.50 bits per heavy atom. The lowest BCUT2D eigenvalue weighted by molar-refractivity contribution is -0.0812. The third-order valence-corrected chi connectivity index (χ3v) is 1.69. The van der Waals surface area contributed by atoms with Gasteiger partial charge in [-0.15, -0.1) is 0 Å². The van der Waals surface area contributed by atoms with Crippen molar-refractivity contribution >= 4 is 0 Å². The molecular weight excluding hydrogens is 160 g/mol. The van der Waals surface area contributed by atoms with Gasteiger partial charge in [0.1, 0.15) is 12.2 Å². The van der Waals surface area contributed by atoms with Gasteiger partial charge in [-0.3, -0.25) is 0 Å². The minimum atomic E-state index is -1.25. The van der Waals surface area contributed by atoms with Crippen LogP contribution in [0.15, 0.2) is 0 Å². The SMILES string of the molecule is CC(C)C[C@@H](O)[C@H](O)[C@H](O)CO. The van der Waals surface area contributed by atoms with E-state index in [0.717, 1.165) is 0 Å². The van der Waals surface area contributed by atoms with Crippen molar-refractivity contribution in [3.63, 3.8) is 0 Å². The third kappa shape index (κ3) is 4.01. The van der Waals surface area contributed by atoms with Crippen LogP contribution in [-0.4, -0.2) is 45.3 Å². The average Bonchev–Trinajstić information content (AvgIpc) is 2.00. The van der Waals surface area contributed by atoms with E-state index in [1.165, 1.54) is 0 Å². The molecule has 0 aromatic heterocycles. The van der Waals surface area contributed by atoms with Crippen LogP contribution in [0.5, 0.6) is 0 Å². The molecule has 0 saturated heterocycles. The zero-order chi connectivity index (χ0) is 9.72. The van der Waals surface area contributed by atoms with Crippen molar-refractivity contribution in [2.75, 3.05) is 6.61 Å². The highest BCUT2D eigenvalue weighted by atomic mass is 16.4. The molecule has 0 saturated carbocycles. The first-order valence-electron chi connectivity index (χ1n) is 4.14. The Bertz CT molecular complexity index is 116. The van der Waals surface area contributed by atoms with Gasteiger partial charge in [0, 0.05) is 0 Å². The van der Waals surface area contributed by atoms with E-state index in [-0.39, 0.29) is 5.92 Å². The molecule has 4 heteroatoms. The fourth-order valence-electron chi connectivity index (χ4n) is 0.987. The second kappa shape index (κ2) is 5.48. The van der Waals surface area contributed by atoms with Crippen LogP contribution in [0.4, 0.5) is 0 Å². The molecule has 0 aromatic carbocycles. The van der Waals surface area contributed by atoms with Crippen molar-refractivity contribution < 1.29 is 20.4 Å². The van der Waals surface area contributed by atoms with Crippen molar-refractivity contribution in [1.29, 1.82) is 0 Å². The summed E-state index contributed by atoms with van der Waals surface area (Å²) in [6.07, 6.45) is -3.05. The fraction of sp³-hybridized carbons (Fsp3) is 1.00. The van der Waals surface area contributed by atoms with Gasteiger partial charge in [0.25, 0.3) is 0 Å². The largest absolute Gasteiger partial charge is 0.394 e. The van der Waals surface area contributed by atoms with Gasteiger partial charge in [0.15, 0.2) is 0 Å². The van der Waals surface area contributed by atoms with Crippen LogP contribution in [0.3, 0.4) is 0 Å². The first-order chi connectivity index (χ1) is 5.49. The van der Waals surface area contributed by atoms with Gasteiger partial charge >= 0.3 is 0 Å². The maximum absolute atomic E-state index is 9.27. The van der Waals surface area contributed by atoms with Crippen molar-refractivity contribution in [2.45, 2.75) is 38.6 Å². The molecule has 0 heterocycles. The molecule has 0 fully saturated rings. The molecule has 0 bridgehead atoms. The minimum absolute atomic E-state index is 0.251. The highest BCUT2D eigenvalue weighted by Gasteiger charge is 2.24. The molecule has 0 amide bonds. The number of aliphatic hydroxyl groups excluding tert-OH is 4. The van der Waals surface area contributed by atoms with E-state index in [1.807, 2.05) is 13.8 Å². The summed E-state index contributed by atoms with van der Waals surface area (Å²) in [4.78, 5) is 0. The van der Waals surface area contributed by atoms with Crippen molar-refractivity contribution in [3.05, 3.63) is 0 Å². The summed E-state index contributed by atoms with van der Waals surface area (Å²) < 4.78 is 0. The van der Waals surface area contributed by atoms with Crippen LogP contribution in [0.1, 0.15) is 20.3 Å². The van der Waals surface area contributed by atoms with E-state index in [1.54, 1.807) is 0 Å². The zero-order valence-corrected chi connectivity index (χ0v) is 7.51. The van der Waals surface area contributed by atoms with E-state index < -0.39 is 24.9 Å². The van der Waals surface area contributed by atoms with Gasteiger partial charge in [-0.1, -0.05) is 13.8 Å². The molecule has 3 atom stereocenters. The highest BCUT2D eigenvalue weighted by molar-refractivity contribution is 4.75. The predicted molar refractivity (Wildman–Crippen MR) is 44.6 cm³/mol. The summed E-state index contributed by atoms with van der Waals surface area (Å²) in [6.45, 7) is 3.28. The van der Waals surface area contributed by atoms with E-state index in [2.05, 4.69) is 0 Å². The number of hydrogen-bond acceptors (Lipinski definition) is 4. The van der Waals surface area contributed by atoms with E-state index in [4.69, 9.17) is 10.2 Å². The van der Waals surface area contributed by atoms with Crippen molar-refractivity contribution in [1.82, 2.24) is 0 Å². The first kappa shape index (κ1) is 11.8. The average molecular weight is 178 g/mol. The molecule has 0 aliphatic carbocycles. The molecule has 0 rings (SSSR count). The maximum atomic E-state index is 9.27. The Hall–Kier alpha value is -0.160. The Morgan fingerprint density at radius 3 is 1.83 bits per heavy atom. The fourth-order valence-corrected chi connectivity index (χ4v) is 0.987. The van der Waals surface area contributed by atoms with Crippen LogP contribution >= 0.6 is 0 Å². The van der Waals surface area contributed by atoms with Gasteiger partial charge in [-0.2, -0.15) is 0 Å². The summed E-state index contributed by atoms with van der Waals surface area (Å²) in [6, 6.07) is 0. The van der Waals surface area contributed by atoms with Gasteiger partial charge < -0.3 is 20.4 Å². The first-order valence-corrected chi connectivity index (χ1v) is 4.14. The smallest absolute Gasteiger partial charge is 0.108 e. The Kier molecular flexibility index (Phi) is 5.41. The van der Waals surface area contributed by atoms with Crippen molar-refractivity contribution in [2.24, 2.45) is 5.92 Å². The topological polar surface area (TPSA) is 80.9 Å². The molecule has 0 unspecified atom stereocenters. The number of rotatable bonds is 5. The number of hydrogen-bond donors (Lipinski definition) is 4. The lowest BCUT2D eigenvalue weighted by atomic mass is 9.99. The lowest BCUT2D eigenvalue weighted by Crippen LogP contribution is -2.40. The van der Waals surface area contributed by atoms with Crippen LogP contribution in [0, 0.1) is 5.92 Å². The predicted octanol–water partition coefficient (Wildman–Crippen LogP) is -0.893. The normalized spacial score (nSPS) is 19.2. The number of aliphatic hydroxyl groups is 4. The molecule has 0 aliphatic heterocycles. The zero-order valence-electron chi connectivity index (χ0n) is 7.51. The molecule has 0 spiro atoms. The minimum Gasteiger partial charge on any atom is -0.394 e. The molecular formula is C8H18O4. The highest BCUT2D eigenvalue weighted by Crippen LogP contribution is 2.10. The van der Waals surface area contributed by atoms with Gasteiger partial charge in [0.05, 0.1) is 12.7 Å². The second-order valence-electron chi connectivity index (χ2n) is 3.44. The van der Waals surface area contributed by atoms with Crippen LogP contribution in [-0.2, 0) is 0 Å². The molecule has 74 valence electrons. The van der Waals surface area contributed by atoms with Crippen LogP contribution in [0.25, 0.3) is 0 Å². The molecule has 0 aromatic rings. The summed E-state index contributed by atoms with van der Waals surface area (Å²) in [5.74, 6) is 0.251. The van der Waals surface area contributed by atoms with E-state index >= 15 is 0 Å². The summed E-state index contributed by atoms with van der Waals surface area (Å²) >= 11 is 0. The standard InChI is InChI=1S/C8H18O4/c1-5(2)3-6(10)8(12)7(11)4-9/h5-12H,3-4H2,1-2H3/t6-,7-,8+/m1/s1. The Labute approximate surface area is 72.5 Å². The Balaban J connectivity index is 3.83. The molecule has 4 nitrogen and oxygen atoms in total. The van der Waals surface area contributed by atoms with Gasteiger partial charge in [-0.25, -0.2) is 0 Å². The third-order valence-electron chi connectivity index (χ3n) is 1.69. The summed E-state index contributed by atoms with van der Waals surface area (Å²) in [5.41, 5.74) is 0. The van der Waals surface area contributed by atoms with Crippen LogP contribution in [0.2, 0.25) is 0 Å². The maximum Gasteiger partial charge on any atom is 0.108 e. The molecule has 12 heavy (non-hydrogen) atoms. The van der Waals surface area contributed by atoms with E-state index in [0.29, 0.717) is 6.42 Å². The van der Waals surface area contributed by atoms with Gasteiger partial charge in [0.2, 0.25) is 0 Å². The molecule has 0 radical (unpaired) electrons. The monoisotopic (exact) mass is 178 g/mol.